The molecule has 132 valence electrons. The molecule has 0 bridgehead atoms. The number of benzene rings is 1. The van der Waals surface area contributed by atoms with Crippen LogP contribution < -0.4 is 15.2 Å². The third kappa shape index (κ3) is 2.60. The molecule has 25 heavy (non-hydrogen) atoms. The van der Waals surface area contributed by atoms with Crippen LogP contribution in [0.4, 0.5) is 0 Å². The number of hydrogen-bond donors (Lipinski definition) is 1. The van der Waals surface area contributed by atoms with Crippen LogP contribution in [0.25, 0.3) is 16.2 Å². The molecule has 0 fully saturated rings. The Morgan fingerprint density at radius 1 is 1.28 bits per heavy atom. The lowest BCUT2D eigenvalue weighted by Gasteiger charge is -2.18. The van der Waals surface area contributed by atoms with Gasteiger partial charge in [0.2, 0.25) is 0 Å². The lowest BCUT2D eigenvalue weighted by atomic mass is 9.93. The van der Waals surface area contributed by atoms with Crippen molar-refractivity contribution in [2.75, 3.05) is 14.2 Å². The molecule has 2 heterocycles. The van der Waals surface area contributed by atoms with Crippen molar-refractivity contribution >= 4 is 16.3 Å². The standard InChI is InChI=1S/C19H23N3O2S/c1-11-4-6-13-17(8-11)25-19-21-18(14(10-20)22(13)19)12-5-7-15(23-2)16(9-12)24-3/h5,7,9,11H,4,6,8,10,20H2,1-3H3. The summed E-state index contributed by atoms with van der Waals surface area (Å²) in [5, 5.41) is 0. The van der Waals surface area contributed by atoms with Crippen molar-refractivity contribution in [2.24, 2.45) is 11.7 Å². The number of rotatable bonds is 4. The summed E-state index contributed by atoms with van der Waals surface area (Å²) in [5.41, 5.74) is 10.6. The number of imidazole rings is 1. The van der Waals surface area contributed by atoms with Gasteiger partial charge in [-0.1, -0.05) is 6.92 Å². The van der Waals surface area contributed by atoms with E-state index in [-0.39, 0.29) is 0 Å². The molecule has 0 saturated heterocycles. The number of nitrogens with zero attached hydrogens (tertiary/aromatic N) is 2. The predicted octanol–water partition coefficient (Wildman–Crippen LogP) is 3.66. The summed E-state index contributed by atoms with van der Waals surface area (Å²) < 4.78 is 13.1. The fourth-order valence-corrected chi connectivity index (χ4v) is 5.04. The summed E-state index contributed by atoms with van der Waals surface area (Å²) in [6.07, 6.45) is 3.48. The van der Waals surface area contributed by atoms with Gasteiger partial charge in [0.1, 0.15) is 0 Å². The SMILES string of the molecule is COc1ccc(-c2nc3sc4c(n3c2CN)CCC(C)C4)cc1OC. The molecule has 0 aliphatic heterocycles. The molecule has 3 aromatic rings. The number of ether oxygens (including phenoxy) is 2. The zero-order valence-corrected chi connectivity index (χ0v) is 15.7. The largest absolute Gasteiger partial charge is 0.493 e. The van der Waals surface area contributed by atoms with Crippen LogP contribution in [0.3, 0.4) is 0 Å². The maximum Gasteiger partial charge on any atom is 0.194 e. The normalized spacial score (nSPS) is 16.9. The van der Waals surface area contributed by atoms with Gasteiger partial charge in [0, 0.05) is 22.7 Å². The smallest absolute Gasteiger partial charge is 0.194 e. The lowest BCUT2D eigenvalue weighted by molar-refractivity contribution is 0.355. The van der Waals surface area contributed by atoms with E-state index in [0.29, 0.717) is 18.0 Å². The number of hydrogen-bond acceptors (Lipinski definition) is 5. The van der Waals surface area contributed by atoms with Gasteiger partial charge in [-0.05, 0) is 43.4 Å². The molecule has 0 saturated carbocycles. The van der Waals surface area contributed by atoms with Crippen molar-refractivity contribution in [3.63, 3.8) is 0 Å². The average Bonchev–Trinajstić information content (AvgIpc) is 3.15. The highest BCUT2D eigenvalue weighted by Gasteiger charge is 2.25. The molecule has 0 spiro atoms. The van der Waals surface area contributed by atoms with E-state index in [9.17, 15) is 0 Å². The van der Waals surface area contributed by atoms with Crippen molar-refractivity contribution in [2.45, 2.75) is 32.7 Å². The minimum Gasteiger partial charge on any atom is -0.493 e. The Morgan fingerprint density at radius 2 is 2.08 bits per heavy atom. The van der Waals surface area contributed by atoms with Crippen LogP contribution in [0.2, 0.25) is 0 Å². The van der Waals surface area contributed by atoms with Gasteiger partial charge in [0.05, 0.1) is 25.6 Å². The number of methoxy groups -OCH3 is 2. The summed E-state index contributed by atoms with van der Waals surface area (Å²) >= 11 is 1.81. The van der Waals surface area contributed by atoms with Gasteiger partial charge >= 0.3 is 0 Å². The predicted molar refractivity (Wildman–Crippen MR) is 101 cm³/mol. The zero-order valence-electron chi connectivity index (χ0n) is 14.8. The molecular weight excluding hydrogens is 334 g/mol. The van der Waals surface area contributed by atoms with E-state index >= 15 is 0 Å². The van der Waals surface area contributed by atoms with Crippen LogP contribution in [0.1, 0.15) is 29.6 Å². The number of thiazole rings is 1. The molecule has 6 heteroatoms. The highest BCUT2D eigenvalue weighted by molar-refractivity contribution is 7.17. The Kier molecular flexibility index (Phi) is 4.17. The molecular formula is C19H23N3O2S. The molecule has 2 N–H and O–H groups in total. The first-order chi connectivity index (χ1) is 12.2. The first-order valence-electron chi connectivity index (χ1n) is 8.60. The van der Waals surface area contributed by atoms with Crippen LogP contribution >= 0.6 is 11.3 Å². The van der Waals surface area contributed by atoms with Crippen molar-refractivity contribution < 1.29 is 9.47 Å². The van der Waals surface area contributed by atoms with Gasteiger partial charge in [0.25, 0.3) is 0 Å². The molecule has 1 atom stereocenters. The van der Waals surface area contributed by atoms with E-state index < -0.39 is 0 Å². The summed E-state index contributed by atoms with van der Waals surface area (Å²) in [5.74, 6) is 2.17. The third-order valence-electron chi connectivity index (χ3n) is 5.01. The molecule has 2 aromatic heterocycles. The van der Waals surface area contributed by atoms with Gasteiger partial charge in [-0.15, -0.1) is 11.3 Å². The van der Waals surface area contributed by atoms with E-state index in [4.69, 9.17) is 20.2 Å². The van der Waals surface area contributed by atoms with Crippen molar-refractivity contribution in [1.82, 2.24) is 9.38 Å². The topological polar surface area (TPSA) is 61.8 Å². The van der Waals surface area contributed by atoms with Crippen LogP contribution in [0.5, 0.6) is 11.5 Å². The monoisotopic (exact) mass is 357 g/mol. The number of fused-ring (bicyclic) bond motifs is 3. The number of nitrogens with two attached hydrogens (primary N) is 1. The first kappa shape index (κ1) is 16.4. The van der Waals surface area contributed by atoms with Crippen molar-refractivity contribution in [1.29, 1.82) is 0 Å². The Morgan fingerprint density at radius 3 is 2.80 bits per heavy atom. The zero-order chi connectivity index (χ0) is 17.6. The maximum atomic E-state index is 6.13. The summed E-state index contributed by atoms with van der Waals surface area (Å²) in [6.45, 7) is 2.79. The summed E-state index contributed by atoms with van der Waals surface area (Å²) in [4.78, 5) is 7.43. The Balaban J connectivity index is 1.87. The molecule has 1 aromatic carbocycles. The first-order valence-corrected chi connectivity index (χ1v) is 9.42. The van der Waals surface area contributed by atoms with Gasteiger partial charge in [-0.3, -0.25) is 4.40 Å². The lowest BCUT2D eigenvalue weighted by Crippen LogP contribution is -2.13. The molecule has 1 aliphatic carbocycles. The van der Waals surface area contributed by atoms with Crippen LogP contribution in [-0.2, 0) is 19.4 Å². The van der Waals surface area contributed by atoms with E-state index in [1.807, 2.05) is 18.2 Å². The highest BCUT2D eigenvalue weighted by atomic mass is 32.1. The maximum absolute atomic E-state index is 6.13. The molecule has 1 unspecified atom stereocenters. The second-order valence-electron chi connectivity index (χ2n) is 6.62. The Hall–Kier alpha value is -2.05. The summed E-state index contributed by atoms with van der Waals surface area (Å²) in [7, 11) is 3.29. The molecule has 1 aliphatic rings. The highest BCUT2D eigenvalue weighted by Crippen LogP contribution is 2.38. The van der Waals surface area contributed by atoms with E-state index in [1.165, 1.54) is 17.0 Å². The second-order valence-corrected chi connectivity index (χ2v) is 7.68. The fourth-order valence-electron chi connectivity index (χ4n) is 3.69. The van der Waals surface area contributed by atoms with Crippen molar-refractivity contribution in [3.8, 4) is 22.8 Å². The summed E-state index contributed by atoms with van der Waals surface area (Å²) in [6, 6.07) is 5.90. The minimum absolute atomic E-state index is 0.462. The molecule has 0 radical (unpaired) electrons. The Labute approximate surface area is 151 Å². The van der Waals surface area contributed by atoms with Crippen LogP contribution in [0, 0.1) is 5.92 Å². The van der Waals surface area contributed by atoms with Gasteiger partial charge in [-0.2, -0.15) is 0 Å². The van der Waals surface area contributed by atoms with Crippen LogP contribution in [-0.4, -0.2) is 23.6 Å². The minimum atomic E-state index is 0.462. The third-order valence-corrected chi connectivity index (χ3v) is 6.11. The van der Waals surface area contributed by atoms with Crippen LogP contribution in [0.15, 0.2) is 18.2 Å². The Bertz CT molecular complexity index is 929. The molecule has 5 nitrogen and oxygen atoms in total. The quantitative estimate of drug-likeness (QED) is 0.774. The van der Waals surface area contributed by atoms with E-state index in [2.05, 4.69) is 11.3 Å². The van der Waals surface area contributed by atoms with Gasteiger partial charge in [-0.25, -0.2) is 4.98 Å². The van der Waals surface area contributed by atoms with Gasteiger partial charge < -0.3 is 15.2 Å². The fraction of sp³-hybridized carbons (Fsp3) is 0.421. The average molecular weight is 357 g/mol. The number of aryl methyl sites for hydroxylation is 1. The number of aromatic nitrogens is 2. The van der Waals surface area contributed by atoms with Crippen molar-refractivity contribution in [3.05, 3.63) is 34.5 Å². The molecule has 0 amide bonds. The van der Waals surface area contributed by atoms with E-state index in [0.717, 1.165) is 40.7 Å². The molecule has 4 rings (SSSR count). The van der Waals surface area contributed by atoms with Gasteiger partial charge in [0.15, 0.2) is 16.5 Å². The second kappa shape index (κ2) is 6.35. The van der Waals surface area contributed by atoms with E-state index in [1.54, 1.807) is 25.6 Å².